The van der Waals surface area contributed by atoms with Crippen molar-refractivity contribution in [3.63, 3.8) is 0 Å². The van der Waals surface area contributed by atoms with E-state index in [4.69, 9.17) is 4.74 Å². The molecule has 0 radical (unpaired) electrons. The van der Waals surface area contributed by atoms with Crippen molar-refractivity contribution in [3.8, 4) is 0 Å². The molecule has 0 unspecified atom stereocenters. The fourth-order valence-electron chi connectivity index (χ4n) is 1.21. The molecule has 1 aromatic rings. The first kappa shape index (κ1) is 12.1. The summed E-state index contributed by atoms with van der Waals surface area (Å²) in [6.07, 6.45) is 2.95. The van der Waals surface area contributed by atoms with E-state index in [0.717, 1.165) is 31.8 Å². The summed E-state index contributed by atoms with van der Waals surface area (Å²) < 4.78 is 6.83. The van der Waals surface area contributed by atoms with Gasteiger partial charge in [0.15, 0.2) is 0 Å². The molecule has 86 valence electrons. The number of aryl methyl sites for hydroxylation is 1. The normalized spacial score (nSPS) is 11.2. The van der Waals surface area contributed by atoms with E-state index in [-0.39, 0.29) is 0 Å². The van der Waals surface area contributed by atoms with Gasteiger partial charge in [-0.2, -0.15) is 0 Å². The van der Waals surface area contributed by atoms with Crippen LogP contribution in [0.1, 0.15) is 26.0 Å². The van der Waals surface area contributed by atoms with Crippen LogP contribution in [0.4, 0.5) is 0 Å². The van der Waals surface area contributed by atoms with Crippen LogP contribution < -0.4 is 5.32 Å². The molecule has 15 heavy (non-hydrogen) atoms. The third-order valence-electron chi connectivity index (χ3n) is 2.01. The van der Waals surface area contributed by atoms with Crippen LogP contribution >= 0.6 is 0 Å². The first-order valence-electron chi connectivity index (χ1n) is 5.33. The second kappa shape index (κ2) is 6.53. The van der Waals surface area contributed by atoms with Crippen LogP contribution in [0.25, 0.3) is 0 Å². The Kier molecular flexibility index (Phi) is 5.28. The van der Waals surface area contributed by atoms with Gasteiger partial charge in [0.2, 0.25) is 0 Å². The highest BCUT2D eigenvalue weighted by Crippen LogP contribution is 1.95. The van der Waals surface area contributed by atoms with Gasteiger partial charge in [-0.15, -0.1) is 5.10 Å². The van der Waals surface area contributed by atoms with Gasteiger partial charge in [0, 0.05) is 39.0 Å². The lowest BCUT2D eigenvalue weighted by Crippen LogP contribution is -2.21. The van der Waals surface area contributed by atoms with Crippen LogP contribution in [0.15, 0.2) is 6.20 Å². The molecule has 0 saturated carbocycles. The number of nitrogens with one attached hydrogen (secondary N) is 1. The predicted molar refractivity (Wildman–Crippen MR) is 58.5 cm³/mol. The average molecular weight is 212 g/mol. The Morgan fingerprint density at radius 3 is 3.00 bits per heavy atom. The summed E-state index contributed by atoms with van der Waals surface area (Å²) in [6.45, 7) is 6.63. The molecule has 5 nitrogen and oxygen atoms in total. The second-order valence-corrected chi connectivity index (χ2v) is 3.85. The molecule has 0 fully saturated rings. The van der Waals surface area contributed by atoms with Gasteiger partial charge in [0.05, 0.1) is 5.69 Å². The number of aromatic nitrogens is 3. The number of rotatable bonds is 7. The highest BCUT2D eigenvalue weighted by molar-refractivity contribution is 4.91. The Bertz CT molecular complexity index is 272. The van der Waals surface area contributed by atoms with E-state index < -0.39 is 0 Å². The Morgan fingerprint density at radius 2 is 2.33 bits per heavy atom. The van der Waals surface area contributed by atoms with Crippen molar-refractivity contribution < 1.29 is 4.74 Å². The molecular weight excluding hydrogens is 192 g/mol. The molecule has 0 aliphatic rings. The van der Waals surface area contributed by atoms with Crippen LogP contribution in [-0.4, -0.2) is 34.8 Å². The van der Waals surface area contributed by atoms with Crippen molar-refractivity contribution in [3.05, 3.63) is 11.9 Å². The first-order chi connectivity index (χ1) is 7.22. The van der Waals surface area contributed by atoms with Gasteiger partial charge in [-0.1, -0.05) is 19.1 Å². The van der Waals surface area contributed by atoms with Gasteiger partial charge in [0.1, 0.15) is 0 Å². The lowest BCUT2D eigenvalue weighted by Gasteiger charge is -2.04. The lowest BCUT2D eigenvalue weighted by atomic mass is 10.3. The van der Waals surface area contributed by atoms with Crippen LogP contribution in [0, 0.1) is 0 Å². The molecule has 1 heterocycles. The Labute approximate surface area is 90.8 Å². The van der Waals surface area contributed by atoms with Gasteiger partial charge in [-0.05, 0) is 6.42 Å². The summed E-state index contributed by atoms with van der Waals surface area (Å²) in [5.41, 5.74) is 0.987. The third-order valence-corrected chi connectivity index (χ3v) is 2.01. The predicted octanol–water partition coefficient (Wildman–Crippen LogP) is 0.813. The molecule has 1 N–H and O–H groups in total. The van der Waals surface area contributed by atoms with Crippen LogP contribution in [0.5, 0.6) is 0 Å². The van der Waals surface area contributed by atoms with E-state index in [9.17, 15) is 0 Å². The molecule has 0 aromatic carbocycles. The van der Waals surface area contributed by atoms with Gasteiger partial charge >= 0.3 is 0 Å². The molecule has 0 aliphatic carbocycles. The Hall–Kier alpha value is -0.940. The zero-order valence-electron chi connectivity index (χ0n) is 9.73. The van der Waals surface area contributed by atoms with Crippen LogP contribution in [0.2, 0.25) is 0 Å². The highest BCUT2D eigenvalue weighted by atomic mass is 16.5. The number of methoxy groups -OCH3 is 1. The topological polar surface area (TPSA) is 52.0 Å². The van der Waals surface area contributed by atoms with E-state index in [1.165, 1.54) is 0 Å². The molecule has 0 bridgehead atoms. The maximum atomic E-state index is 4.98. The van der Waals surface area contributed by atoms with E-state index in [1.54, 1.807) is 7.11 Å². The molecule has 1 rings (SSSR count). The summed E-state index contributed by atoms with van der Waals surface area (Å²) in [4.78, 5) is 0. The first-order valence-corrected chi connectivity index (χ1v) is 5.33. The minimum absolute atomic E-state index is 0.476. The molecule has 1 aromatic heterocycles. The van der Waals surface area contributed by atoms with Crippen LogP contribution in [0.3, 0.4) is 0 Å². The fraction of sp³-hybridized carbons (Fsp3) is 0.800. The third kappa shape index (κ3) is 4.90. The monoisotopic (exact) mass is 212 g/mol. The molecule has 0 atom stereocenters. The molecule has 0 saturated heterocycles. The summed E-state index contributed by atoms with van der Waals surface area (Å²) in [5.74, 6) is 0. The van der Waals surface area contributed by atoms with E-state index in [1.807, 2.05) is 10.9 Å². The Morgan fingerprint density at radius 1 is 1.53 bits per heavy atom. The van der Waals surface area contributed by atoms with Crippen molar-refractivity contribution >= 4 is 0 Å². The molecular formula is C10H20N4O. The zero-order chi connectivity index (χ0) is 11.1. The number of nitrogens with zero attached hydrogens (tertiary/aromatic N) is 3. The molecule has 0 spiro atoms. The zero-order valence-corrected chi connectivity index (χ0v) is 9.73. The molecule has 5 heteroatoms. The SMILES string of the molecule is COCCCn1cc(CNC(C)C)nn1. The van der Waals surface area contributed by atoms with E-state index in [2.05, 4.69) is 29.5 Å². The molecule has 0 aliphatic heterocycles. The van der Waals surface area contributed by atoms with Crippen molar-refractivity contribution in [1.82, 2.24) is 20.3 Å². The average Bonchev–Trinajstić information content (AvgIpc) is 2.63. The lowest BCUT2D eigenvalue weighted by molar-refractivity contribution is 0.188. The van der Waals surface area contributed by atoms with Crippen molar-refractivity contribution in [2.24, 2.45) is 0 Å². The van der Waals surface area contributed by atoms with Crippen molar-refractivity contribution in [1.29, 1.82) is 0 Å². The standard InChI is InChI=1S/C10H20N4O/c1-9(2)11-7-10-8-14(13-12-10)5-4-6-15-3/h8-9,11H,4-7H2,1-3H3. The van der Waals surface area contributed by atoms with E-state index >= 15 is 0 Å². The minimum Gasteiger partial charge on any atom is -0.385 e. The van der Waals surface area contributed by atoms with E-state index in [0.29, 0.717) is 6.04 Å². The minimum atomic E-state index is 0.476. The number of hydrogen-bond acceptors (Lipinski definition) is 4. The van der Waals surface area contributed by atoms with Gasteiger partial charge in [-0.3, -0.25) is 4.68 Å². The van der Waals surface area contributed by atoms with Gasteiger partial charge in [0.25, 0.3) is 0 Å². The quantitative estimate of drug-likeness (QED) is 0.680. The van der Waals surface area contributed by atoms with Gasteiger partial charge in [-0.25, -0.2) is 0 Å². The van der Waals surface area contributed by atoms with Crippen LogP contribution in [-0.2, 0) is 17.8 Å². The Balaban J connectivity index is 2.29. The van der Waals surface area contributed by atoms with Crippen molar-refractivity contribution in [2.75, 3.05) is 13.7 Å². The summed E-state index contributed by atoms with van der Waals surface area (Å²) in [6, 6.07) is 0.476. The fourth-order valence-corrected chi connectivity index (χ4v) is 1.21. The summed E-state index contributed by atoms with van der Waals surface area (Å²) in [5, 5.41) is 11.4. The van der Waals surface area contributed by atoms with Crippen molar-refractivity contribution in [2.45, 2.75) is 39.4 Å². The number of ether oxygens (including phenoxy) is 1. The smallest absolute Gasteiger partial charge is 0.0964 e. The largest absolute Gasteiger partial charge is 0.385 e. The molecule has 0 amide bonds. The summed E-state index contributed by atoms with van der Waals surface area (Å²) >= 11 is 0. The van der Waals surface area contributed by atoms with Gasteiger partial charge < -0.3 is 10.1 Å². The number of hydrogen-bond donors (Lipinski definition) is 1. The second-order valence-electron chi connectivity index (χ2n) is 3.85. The summed E-state index contributed by atoms with van der Waals surface area (Å²) in [7, 11) is 1.71. The highest BCUT2D eigenvalue weighted by Gasteiger charge is 2.01. The maximum Gasteiger partial charge on any atom is 0.0964 e. The maximum absolute atomic E-state index is 4.98.